The van der Waals surface area contributed by atoms with Crippen molar-refractivity contribution in [2.45, 2.75) is 26.3 Å². The van der Waals surface area contributed by atoms with Gasteiger partial charge >= 0.3 is 0 Å². The van der Waals surface area contributed by atoms with Crippen LogP contribution < -0.4 is 10.1 Å². The molecule has 4 heteroatoms. The van der Waals surface area contributed by atoms with Crippen molar-refractivity contribution in [1.82, 2.24) is 5.32 Å². The molecule has 1 aromatic carbocycles. The molecule has 1 aliphatic carbocycles. The highest BCUT2D eigenvalue weighted by Crippen LogP contribution is 2.51. The number of Topliss-reactive ketones (excluding diaryl/α,β-unsaturated/α-hetero) is 1. The minimum Gasteiger partial charge on any atom is -0.490 e. The average Bonchev–Trinajstić information content (AvgIpc) is 3.02. The van der Waals surface area contributed by atoms with Crippen LogP contribution in [0.15, 0.2) is 24.3 Å². The van der Waals surface area contributed by atoms with Gasteiger partial charge in [0.1, 0.15) is 18.4 Å². The summed E-state index contributed by atoms with van der Waals surface area (Å²) in [4.78, 5) is 24.3. The second kappa shape index (κ2) is 4.08. The molecule has 1 aliphatic heterocycles. The molecule has 1 fully saturated rings. The SMILES string of the molecule is CC1(C)C[C@@H]1C(=O)N[C@H]1COc2ccccc2C1=O. The van der Waals surface area contributed by atoms with Gasteiger partial charge in [-0.1, -0.05) is 26.0 Å². The molecule has 100 valence electrons. The molecule has 0 radical (unpaired) electrons. The lowest BCUT2D eigenvalue weighted by atomic mass is 10.0. The number of fused-ring (bicyclic) bond motifs is 1. The Morgan fingerprint density at radius 2 is 2.05 bits per heavy atom. The molecule has 0 spiro atoms. The Morgan fingerprint density at radius 3 is 2.74 bits per heavy atom. The minimum absolute atomic E-state index is 0.0254. The normalized spacial score (nSPS) is 27.2. The predicted molar refractivity (Wildman–Crippen MR) is 70.1 cm³/mol. The number of hydrogen-bond donors (Lipinski definition) is 1. The molecule has 4 nitrogen and oxygen atoms in total. The van der Waals surface area contributed by atoms with Crippen molar-refractivity contribution in [3.05, 3.63) is 29.8 Å². The maximum atomic E-state index is 12.3. The zero-order valence-corrected chi connectivity index (χ0v) is 11.1. The van der Waals surface area contributed by atoms with Crippen LogP contribution in [0.1, 0.15) is 30.6 Å². The van der Waals surface area contributed by atoms with Gasteiger partial charge in [-0.05, 0) is 24.0 Å². The molecule has 0 aromatic heterocycles. The second-order valence-electron chi connectivity index (χ2n) is 5.98. The van der Waals surface area contributed by atoms with E-state index >= 15 is 0 Å². The minimum atomic E-state index is -0.557. The summed E-state index contributed by atoms with van der Waals surface area (Å²) in [5, 5.41) is 2.81. The van der Waals surface area contributed by atoms with Crippen LogP contribution >= 0.6 is 0 Å². The third kappa shape index (κ3) is 2.11. The third-order valence-corrected chi connectivity index (χ3v) is 4.02. The van der Waals surface area contributed by atoms with Crippen molar-refractivity contribution in [1.29, 1.82) is 0 Å². The average molecular weight is 259 g/mol. The van der Waals surface area contributed by atoms with Crippen molar-refractivity contribution in [2.75, 3.05) is 6.61 Å². The van der Waals surface area contributed by atoms with E-state index in [9.17, 15) is 9.59 Å². The third-order valence-electron chi connectivity index (χ3n) is 4.02. The van der Waals surface area contributed by atoms with Crippen LogP contribution in [0, 0.1) is 11.3 Å². The van der Waals surface area contributed by atoms with Gasteiger partial charge in [-0.15, -0.1) is 0 Å². The molecular formula is C15H17NO3. The van der Waals surface area contributed by atoms with Crippen molar-refractivity contribution in [2.24, 2.45) is 11.3 Å². The fourth-order valence-corrected chi connectivity index (χ4v) is 2.53. The monoisotopic (exact) mass is 259 g/mol. The van der Waals surface area contributed by atoms with Gasteiger partial charge in [0.15, 0.2) is 5.78 Å². The zero-order chi connectivity index (χ0) is 13.6. The van der Waals surface area contributed by atoms with E-state index in [2.05, 4.69) is 19.2 Å². The number of carbonyl (C=O) groups is 2. The van der Waals surface area contributed by atoms with Gasteiger partial charge in [-0.3, -0.25) is 9.59 Å². The van der Waals surface area contributed by atoms with Crippen LogP contribution in [0.3, 0.4) is 0 Å². The number of ether oxygens (including phenoxy) is 1. The van der Waals surface area contributed by atoms with Crippen LogP contribution in [0.5, 0.6) is 5.75 Å². The molecule has 0 unspecified atom stereocenters. The summed E-state index contributed by atoms with van der Waals surface area (Å²) in [7, 11) is 0. The molecular weight excluding hydrogens is 242 g/mol. The molecule has 2 aliphatic rings. The molecule has 1 amide bonds. The molecule has 1 saturated carbocycles. The second-order valence-corrected chi connectivity index (χ2v) is 5.98. The number of para-hydroxylation sites is 1. The standard InChI is InChI=1S/C15H17NO3/c1-15(2)7-10(15)14(18)16-11-8-19-12-6-4-3-5-9(12)13(11)17/h3-6,10-11H,7-8H2,1-2H3,(H,16,18)/t10-,11+/m1/s1. The van der Waals surface area contributed by atoms with Crippen molar-refractivity contribution < 1.29 is 14.3 Å². The van der Waals surface area contributed by atoms with Gasteiger partial charge in [-0.2, -0.15) is 0 Å². The van der Waals surface area contributed by atoms with Gasteiger partial charge in [-0.25, -0.2) is 0 Å². The number of carbonyl (C=O) groups excluding carboxylic acids is 2. The molecule has 1 aromatic rings. The largest absolute Gasteiger partial charge is 0.490 e. The van der Waals surface area contributed by atoms with Gasteiger partial charge in [0.25, 0.3) is 0 Å². The van der Waals surface area contributed by atoms with E-state index in [1.165, 1.54) is 0 Å². The van der Waals surface area contributed by atoms with E-state index in [0.29, 0.717) is 11.3 Å². The van der Waals surface area contributed by atoms with E-state index in [1.807, 2.05) is 6.07 Å². The molecule has 0 saturated heterocycles. The number of nitrogens with one attached hydrogen (secondary N) is 1. The lowest BCUT2D eigenvalue weighted by Crippen LogP contribution is -2.48. The molecule has 0 bridgehead atoms. The molecule has 3 rings (SSSR count). The summed E-state index contributed by atoms with van der Waals surface area (Å²) >= 11 is 0. The Morgan fingerprint density at radius 1 is 1.37 bits per heavy atom. The number of amides is 1. The lowest BCUT2D eigenvalue weighted by molar-refractivity contribution is -0.123. The van der Waals surface area contributed by atoms with Crippen LogP contribution in [0.4, 0.5) is 0 Å². The predicted octanol–water partition coefficient (Wildman–Crippen LogP) is 1.79. The topological polar surface area (TPSA) is 55.4 Å². The highest BCUT2D eigenvalue weighted by atomic mass is 16.5. The van der Waals surface area contributed by atoms with Crippen LogP contribution in [-0.4, -0.2) is 24.3 Å². The quantitative estimate of drug-likeness (QED) is 0.881. The van der Waals surface area contributed by atoms with Gasteiger partial charge in [0.05, 0.1) is 5.56 Å². The first-order valence-electron chi connectivity index (χ1n) is 6.55. The van der Waals surface area contributed by atoms with Crippen LogP contribution in [0.25, 0.3) is 0 Å². The van der Waals surface area contributed by atoms with Crippen molar-refractivity contribution in [3.63, 3.8) is 0 Å². The first-order valence-corrected chi connectivity index (χ1v) is 6.55. The summed E-state index contributed by atoms with van der Waals surface area (Å²) < 4.78 is 5.52. The van der Waals surface area contributed by atoms with E-state index in [1.54, 1.807) is 18.2 Å². The number of benzene rings is 1. The first kappa shape index (κ1) is 12.2. The van der Waals surface area contributed by atoms with E-state index in [0.717, 1.165) is 6.42 Å². The van der Waals surface area contributed by atoms with Crippen molar-refractivity contribution in [3.8, 4) is 5.75 Å². The molecule has 1 N–H and O–H groups in total. The van der Waals surface area contributed by atoms with E-state index in [-0.39, 0.29) is 29.6 Å². The number of rotatable bonds is 2. The summed E-state index contributed by atoms with van der Waals surface area (Å²) in [6.07, 6.45) is 0.886. The van der Waals surface area contributed by atoms with Crippen LogP contribution in [-0.2, 0) is 4.79 Å². The summed E-state index contributed by atoms with van der Waals surface area (Å²) in [6, 6.07) is 6.58. The smallest absolute Gasteiger partial charge is 0.224 e. The number of ketones is 1. The van der Waals surface area contributed by atoms with E-state index < -0.39 is 6.04 Å². The van der Waals surface area contributed by atoms with Gasteiger partial charge in [0.2, 0.25) is 5.91 Å². The van der Waals surface area contributed by atoms with Gasteiger partial charge in [0, 0.05) is 5.92 Å². The maximum absolute atomic E-state index is 12.3. The summed E-state index contributed by atoms with van der Waals surface area (Å²) in [5.41, 5.74) is 0.620. The summed E-state index contributed by atoms with van der Waals surface area (Å²) in [5.74, 6) is 0.530. The highest BCUT2D eigenvalue weighted by Gasteiger charge is 2.51. The molecule has 19 heavy (non-hydrogen) atoms. The first-order chi connectivity index (χ1) is 8.99. The zero-order valence-electron chi connectivity index (χ0n) is 11.1. The number of hydrogen-bond acceptors (Lipinski definition) is 3. The molecule has 1 heterocycles. The van der Waals surface area contributed by atoms with Gasteiger partial charge < -0.3 is 10.1 Å². The highest BCUT2D eigenvalue weighted by molar-refractivity contribution is 6.05. The maximum Gasteiger partial charge on any atom is 0.224 e. The van der Waals surface area contributed by atoms with E-state index in [4.69, 9.17) is 4.74 Å². The molecule has 2 atom stereocenters. The van der Waals surface area contributed by atoms with Crippen molar-refractivity contribution >= 4 is 11.7 Å². The lowest BCUT2D eigenvalue weighted by Gasteiger charge is -2.25. The Bertz CT molecular complexity index is 550. The summed E-state index contributed by atoms with van der Waals surface area (Å²) in [6.45, 7) is 4.34. The fourth-order valence-electron chi connectivity index (χ4n) is 2.53. The Hall–Kier alpha value is -1.84. The fraction of sp³-hybridized carbons (Fsp3) is 0.467. The Labute approximate surface area is 112 Å². The Balaban J connectivity index is 1.71. The Kier molecular flexibility index (Phi) is 2.62. The van der Waals surface area contributed by atoms with Crippen LogP contribution in [0.2, 0.25) is 0 Å².